The van der Waals surface area contributed by atoms with Crippen molar-refractivity contribution in [2.75, 3.05) is 5.32 Å². The van der Waals surface area contributed by atoms with E-state index in [1.165, 1.54) is 12.1 Å². The Kier molecular flexibility index (Phi) is 4.91. The largest absolute Gasteiger partial charge is 0.573 e. The van der Waals surface area contributed by atoms with Crippen molar-refractivity contribution in [2.45, 2.75) is 13.3 Å². The van der Waals surface area contributed by atoms with Gasteiger partial charge in [-0.15, -0.1) is 13.2 Å². The van der Waals surface area contributed by atoms with Crippen LogP contribution < -0.4 is 10.1 Å². The molecule has 1 amide bonds. The summed E-state index contributed by atoms with van der Waals surface area (Å²) in [5.74, 6) is -0.994. The lowest BCUT2D eigenvalue weighted by Crippen LogP contribution is -2.18. The van der Waals surface area contributed by atoms with Crippen molar-refractivity contribution in [3.05, 3.63) is 84.2 Å². The van der Waals surface area contributed by atoms with E-state index in [1.807, 2.05) is 48.0 Å². The number of hydrogen-bond acceptors (Lipinski definition) is 3. The van der Waals surface area contributed by atoms with Crippen LogP contribution >= 0.6 is 0 Å². The molecule has 2 aromatic carbocycles. The summed E-state index contributed by atoms with van der Waals surface area (Å²) in [6.45, 7) is 2.00. The quantitative estimate of drug-likeness (QED) is 0.485. The molecular formula is C22H16F3N3O2. The number of pyridine rings is 1. The summed E-state index contributed by atoms with van der Waals surface area (Å²) in [5, 5.41) is 2.66. The van der Waals surface area contributed by atoms with Gasteiger partial charge in [0, 0.05) is 29.2 Å². The molecule has 0 saturated carbocycles. The Labute approximate surface area is 169 Å². The normalized spacial score (nSPS) is 11.5. The van der Waals surface area contributed by atoms with Crippen molar-refractivity contribution in [3.63, 3.8) is 0 Å². The van der Waals surface area contributed by atoms with Crippen LogP contribution in [-0.4, -0.2) is 21.7 Å². The van der Waals surface area contributed by atoms with Crippen LogP contribution in [-0.2, 0) is 0 Å². The predicted octanol–water partition coefficient (Wildman–Crippen LogP) is 5.46. The zero-order valence-electron chi connectivity index (χ0n) is 15.8. The highest BCUT2D eigenvalue weighted by atomic mass is 19.4. The van der Waals surface area contributed by atoms with Gasteiger partial charge in [-0.3, -0.25) is 4.79 Å². The minimum atomic E-state index is -4.82. The standard InChI is InChI=1S/C22H16F3N3O2/c1-14-9-10-28-13-19(27-20(28)11-14)15-5-7-17(8-6-15)26-21(29)16-3-2-4-18(12-16)30-22(23,24)25/h2-13H,1H3,(H,26,29). The van der Waals surface area contributed by atoms with Crippen LogP contribution in [0.5, 0.6) is 5.75 Å². The van der Waals surface area contributed by atoms with Crippen LogP contribution in [0.3, 0.4) is 0 Å². The second kappa shape index (κ2) is 7.55. The van der Waals surface area contributed by atoms with Gasteiger partial charge in [-0.05, 0) is 55.0 Å². The fourth-order valence-electron chi connectivity index (χ4n) is 2.98. The van der Waals surface area contributed by atoms with E-state index in [0.29, 0.717) is 5.69 Å². The molecule has 0 aliphatic rings. The Morgan fingerprint density at radius 2 is 1.83 bits per heavy atom. The van der Waals surface area contributed by atoms with Gasteiger partial charge in [0.15, 0.2) is 0 Å². The van der Waals surface area contributed by atoms with Gasteiger partial charge in [0.25, 0.3) is 5.91 Å². The SMILES string of the molecule is Cc1ccn2cc(-c3ccc(NC(=O)c4cccc(OC(F)(F)F)c4)cc3)nc2c1. The van der Waals surface area contributed by atoms with E-state index in [0.717, 1.165) is 34.6 Å². The number of rotatable bonds is 4. The predicted molar refractivity (Wildman–Crippen MR) is 106 cm³/mol. The second-order valence-corrected chi connectivity index (χ2v) is 6.70. The van der Waals surface area contributed by atoms with Crippen LogP contribution in [0.25, 0.3) is 16.9 Å². The van der Waals surface area contributed by atoms with Gasteiger partial charge in [-0.25, -0.2) is 4.98 Å². The van der Waals surface area contributed by atoms with Crippen LogP contribution in [0, 0.1) is 6.92 Å². The summed E-state index contributed by atoms with van der Waals surface area (Å²) in [7, 11) is 0. The first-order chi connectivity index (χ1) is 14.3. The molecule has 152 valence electrons. The first-order valence-electron chi connectivity index (χ1n) is 9.00. The number of nitrogens with zero attached hydrogens (tertiary/aromatic N) is 2. The van der Waals surface area contributed by atoms with Crippen molar-refractivity contribution < 1.29 is 22.7 Å². The number of amides is 1. The van der Waals surface area contributed by atoms with Gasteiger partial charge in [0.2, 0.25) is 0 Å². The molecule has 1 N–H and O–H groups in total. The zero-order valence-corrected chi connectivity index (χ0v) is 15.8. The van der Waals surface area contributed by atoms with E-state index < -0.39 is 18.0 Å². The number of ether oxygens (including phenoxy) is 1. The summed E-state index contributed by atoms with van der Waals surface area (Å²) >= 11 is 0. The second-order valence-electron chi connectivity index (χ2n) is 6.70. The Hall–Kier alpha value is -3.81. The summed E-state index contributed by atoms with van der Waals surface area (Å²) < 4.78 is 42.8. The van der Waals surface area contributed by atoms with Gasteiger partial charge in [-0.2, -0.15) is 0 Å². The van der Waals surface area contributed by atoms with Gasteiger partial charge in [0.1, 0.15) is 11.4 Å². The highest BCUT2D eigenvalue weighted by Crippen LogP contribution is 2.25. The molecule has 4 rings (SSSR count). The number of nitrogens with one attached hydrogen (secondary N) is 1. The molecule has 0 spiro atoms. The lowest BCUT2D eigenvalue weighted by atomic mass is 10.1. The van der Waals surface area contributed by atoms with E-state index in [1.54, 1.807) is 12.1 Å². The molecule has 30 heavy (non-hydrogen) atoms. The molecule has 0 radical (unpaired) electrons. The molecular weight excluding hydrogens is 395 g/mol. The first kappa shape index (κ1) is 19.5. The van der Waals surface area contributed by atoms with Gasteiger partial charge in [-0.1, -0.05) is 18.2 Å². The molecule has 0 aliphatic carbocycles. The Bertz CT molecular complexity index is 1210. The minimum absolute atomic E-state index is 0.0524. The molecule has 0 fully saturated rings. The molecule has 0 saturated heterocycles. The van der Waals surface area contributed by atoms with Crippen LogP contribution in [0.4, 0.5) is 18.9 Å². The summed E-state index contributed by atoms with van der Waals surface area (Å²) in [4.78, 5) is 17.0. The van der Waals surface area contributed by atoms with Gasteiger partial charge in [0.05, 0.1) is 5.69 Å². The number of carbonyl (C=O) groups is 1. The topological polar surface area (TPSA) is 55.6 Å². The molecule has 4 aromatic rings. The third kappa shape index (κ3) is 4.43. The molecule has 2 heterocycles. The first-order valence-corrected chi connectivity index (χ1v) is 9.00. The van der Waals surface area contributed by atoms with E-state index >= 15 is 0 Å². The minimum Gasteiger partial charge on any atom is -0.406 e. The molecule has 0 atom stereocenters. The lowest BCUT2D eigenvalue weighted by Gasteiger charge is -2.10. The number of fused-ring (bicyclic) bond motifs is 1. The number of alkyl halides is 3. The van der Waals surface area contributed by atoms with Crippen molar-refractivity contribution in [1.82, 2.24) is 9.38 Å². The van der Waals surface area contributed by atoms with E-state index in [-0.39, 0.29) is 5.56 Å². The van der Waals surface area contributed by atoms with E-state index in [9.17, 15) is 18.0 Å². The number of aryl methyl sites for hydroxylation is 1. The number of hydrogen-bond donors (Lipinski definition) is 1. The zero-order chi connectivity index (χ0) is 21.3. The lowest BCUT2D eigenvalue weighted by molar-refractivity contribution is -0.274. The van der Waals surface area contributed by atoms with Gasteiger partial charge < -0.3 is 14.5 Å². The molecule has 0 bridgehead atoms. The Morgan fingerprint density at radius 1 is 1.07 bits per heavy atom. The fourth-order valence-corrected chi connectivity index (χ4v) is 2.98. The average Bonchev–Trinajstić information content (AvgIpc) is 3.10. The van der Waals surface area contributed by atoms with Crippen molar-refractivity contribution in [1.29, 1.82) is 0 Å². The molecule has 8 heteroatoms. The number of benzene rings is 2. The van der Waals surface area contributed by atoms with Crippen LogP contribution in [0.1, 0.15) is 15.9 Å². The molecule has 5 nitrogen and oxygen atoms in total. The number of halogens is 3. The highest BCUT2D eigenvalue weighted by Gasteiger charge is 2.31. The molecule has 2 aromatic heterocycles. The number of aromatic nitrogens is 2. The maximum atomic E-state index is 12.4. The number of imidazole rings is 1. The summed E-state index contributed by atoms with van der Waals surface area (Å²) in [6.07, 6.45) is -0.970. The third-order valence-electron chi connectivity index (χ3n) is 4.38. The Morgan fingerprint density at radius 3 is 2.57 bits per heavy atom. The summed E-state index contributed by atoms with van der Waals surface area (Å²) in [6, 6.07) is 15.9. The maximum Gasteiger partial charge on any atom is 0.573 e. The van der Waals surface area contributed by atoms with Crippen LogP contribution in [0.15, 0.2) is 73.1 Å². The third-order valence-corrected chi connectivity index (χ3v) is 4.38. The maximum absolute atomic E-state index is 12.4. The van der Waals surface area contributed by atoms with Gasteiger partial charge >= 0.3 is 6.36 Å². The van der Waals surface area contributed by atoms with E-state index in [4.69, 9.17) is 0 Å². The smallest absolute Gasteiger partial charge is 0.406 e. The average molecular weight is 411 g/mol. The molecule has 0 unspecified atom stereocenters. The van der Waals surface area contributed by atoms with Crippen LogP contribution in [0.2, 0.25) is 0 Å². The number of anilines is 1. The van der Waals surface area contributed by atoms with Crippen molar-refractivity contribution in [2.24, 2.45) is 0 Å². The summed E-state index contributed by atoms with van der Waals surface area (Å²) in [5.41, 5.74) is 4.17. The van der Waals surface area contributed by atoms with Crippen molar-refractivity contribution >= 4 is 17.2 Å². The number of carbonyl (C=O) groups excluding carboxylic acids is 1. The highest BCUT2D eigenvalue weighted by molar-refractivity contribution is 6.04. The van der Waals surface area contributed by atoms with E-state index in [2.05, 4.69) is 15.0 Å². The fraction of sp³-hybridized carbons (Fsp3) is 0.0909. The Balaban J connectivity index is 1.49. The van der Waals surface area contributed by atoms with Crippen molar-refractivity contribution in [3.8, 4) is 17.0 Å². The monoisotopic (exact) mass is 411 g/mol. The molecule has 0 aliphatic heterocycles.